The van der Waals surface area contributed by atoms with Crippen molar-refractivity contribution in [1.29, 1.82) is 0 Å². The molecule has 0 aliphatic carbocycles. The van der Waals surface area contributed by atoms with Crippen LogP contribution in [-0.2, 0) is 6.42 Å². The molecule has 2 aromatic rings. The van der Waals surface area contributed by atoms with E-state index >= 15 is 0 Å². The van der Waals surface area contributed by atoms with E-state index in [0.29, 0.717) is 17.4 Å². The van der Waals surface area contributed by atoms with E-state index in [1.54, 1.807) is 18.3 Å². The van der Waals surface area contributed by atoms with Gasteiger partial charge in [0.05, 0.1) is 5.69 Å². The van der Waals surface area contributed by atoms with Crippen LogP contribution in [0.3, 0.4) is 0 Å². The maximum absolute atomic E-state index is 13.3. The molecule has 1 aromatic heterocycles. The van der Waals surface area contributed by atoms with Gasteiger partial charge >= 0.3 is 0 Å². The lowest BCUT2D eigenvalue weighted by molar-refractivity contribution is 0.474. The van der Waals surface area contributed by atoms with Gasteiger partial charge in [0.15, 0.2) is 0 Å². The number of pyridine rings is 1. The van der Waals surface area contributed by atoms with Crippen molar-refractivity contribution in [2.45, 2.75) is 20.3 Å². The van der Waals surface area contributed by atoms with Crippen LogP contribution in [-0.4, -0.2) is 4.98 Å². The Hall–Kier alpha value is -2.10. The molecule has 2 rings (SSSR count). The number of aromatic nitrogens is 1. The van der Waals surface area contributed by atoms with E-state index < -0.39 is 5.82 Å². The van der Waals surface area contributed by atoms with Gasteiger partial charge in [-0.05, 0) is 30.5 Å². The number of nitrogens with two attached hydrogens (primary N) is 1. The summed E-state index contributed by atoms with van der Waals surface area (Å²) in [5.41, 5.74) is 6.50. The average molecular weight is 260 g/mol. The van der Waals surface area contributed by atoms with Crippen molar-refractivity contribution in [2.24, 2.45) is 5.92 Å². The Labute approximate surface area is 112 Å². The summed E-state index contributed by atoms with van der Waals surface area (Å²) in [6, 6.07) is 8.02. The minimum atomic E-state index is -0.478. The highest BCUT2D eigenvalue weighted by Crippen LogP contribution is 2.24. The molecule has 19 heavy (non-hydrogen) atoms. The Morgan fingerprint density at radius 1 is 1.21 bits per heavy atom. The predicted molar refractivity (Wildman–Crippen MR) is 73.7 cm³/mol. The number of nitrogens with zero attached hydrogens (tertiary/aromatic N) is 1. The van der Waals surface area contributed by atoms with Gasteiger partial charge in [0.25, 0.3) is 0 Å². The number of rotatable bonds is 4. The van der Waals surface area contributed by atoms with Gasteiger partial charge in [0, 0.05) is 24.0 Å². The largest absolute Gasteiger partial charge is 0.457 e. The van der Waals surface area contributed by atoms with Crippen molar-refractivity contribution in [3.8, 4) is 11.5 Å². The molecule has 0 aliphatic rings. The van der Waals surface area contributed by atoms with Gasteiger partial charge in [0.1, 0.15) is 17.3 Å². The van der Waals surface area contributed by atoms with Crippen LogP contribution in [0.2, 0.25) is 0 Å². The van der Waals surface area contributed by atoms with Gasteiger partial charge < -0.3 is 10.5 Å². The topological polar surface area (TPSA) is 48.1 Å². The molecular formula is C15H17FN2O. The fraction of sp³-hybridized carbons (Fsp3) is 0.267. The molecule has 1 heterocycles. The predicted octanol–water partition coefficient (Wildman–Crippen LogP) is 3.79. The third kappa shape index (κ3) is 3.68. The monoisotopic (exact) mass is 260 g/mol. The first-order chi connectivity index (χ1) is 9.04. The summed E-state index contributed by atoms with van der Waals surface area (Å²) >= 11 is 0. The van der Waals surface area contributed by atoms with Crippen molar-refractivity contribution in [2.75, 3.05) is 5.73 Å². The summed E-state index contributed by atoms with van der Waals surface area (Å²) in [5, 5.41) is 0. The molecule has 0 spiro atoms. The van der Waals surface area contributed by atoms with E-state index in [4.69, 9.17) is 10.5 Å². The van der Waals surface area contributed by atoms with Crippen molar-refractivity contribution < 1.29 is 9.13 Å². The van der Waals surface area contributed by atoms with Gasteiger partial charge in [0.2, 0.25) is 0 Å². The number of hydrogen-bond donors (Lipinski definition) is 1. The summed E-state index contributed by atoms with van der Waals surface area (Å²) in [4.78, 5) is 4.28. The van der Waals surface area contributed by atoms with Crippen molar-refractivity contribution in [3.05, 3.63) is 48.0 Å². The molecule has 4 heteroatoms. The molecule has 0 saturated carbocycles. The van der Waals surface area contributed by atoms with E-state index in [-0.39, 0.29) is 5.69 Å². The first-order valence-electron chi connectivity index (χ1n) is 6.22. The Balaban J connectivity index is 2.16. The third-order valence-corrected chi connectivity index (χ3v) is 2.61. The summed E-state index contributed by atoms with van der Waals surface area (Å²) in [5.74, 6) is 1.12. The summed E-state index contributed by atoms with van der Waals surface area (Å²) < 4.78 is 18.9. The molecule has 2 N–H and O–H groups in total. The molecule has 0 radical (unpaired) electrons. The average Bonchev–Trinajstić information content (AvgIpc) is 2.33. The fourth-order valence-corrected chi connectivity index (χ4v) is 1.76. The van der Waals surface area contributed by atoms with Gasteiger partial charge in [-0.2, -0.15) is 0 Å². The van der Waals surface area contributed by atoms with Gasteiger partial charge in [-0.25, -0.2) is 4.39 Å². The van der Waals surface area contributed by atoms with Crippen molar-refractivity contribution >= 4 is 5.69 Å². The zero-order chi connectivity index (χ0) is 13.8. The first kappa shape index (κ1) is 13.3. The lowest BCUT2D eigenvalue weighted by atomic mass is 10.1. The minimum Gasteiger partial charge on any atom is -0.457 e. The van der Waals surface area contributed by atoms with E-state index in [0.717, 1.165) is 12.1 Å². The Morgan fingerprint density at radius 2 is 1.95 bits per heavy atom. The van der Waals surface area contributed by atoms with E-state index in [1.165, 1.54) is 12.1 Å². The number of hydrogen-bond acceptors (Lipinski definition) is 3. The molecule has 0 aliphatic heterocycles. The number of anilines is 1. The molecule has 3 nitrogen and oxygen atoms in total. The van der Waals surface area contributed by atoms with Crippen LogP contribution >= 0.6 is 0 Å². The minimum absolute atomic E-state index is 0.113. The van der Waals surface area contributed by atoms with Crippen LogP contribution < -0.4 is 10.5 Å². The molecule has 0 bridgehead atoms. The second-order valence-electron chi connectivity index (χ2n) is 4.87. The van der Waals surface area contributed by atoms with Crippen LogP contribution in [0.4, 0.5) is 10.1 Å². The highest BCUT2D eigenvalue weighted by molar-refractivity contribution is 5.44. The molecule has 100 valence electrons. The maximum atomic E-state index is 13.3. The molecule has 0 saturated heterocycles. The Bertz CT molecular complexity index is 570. The third-order valence-electron chi connectivity index (χ3n) is 2.61. The second-order valence-corrected chi connectivity index (χ2v) is 4.87. The molecule has 0 amide bonds. The highest BCUT2D eigenvalue weighted by atomic mass is 19.1. The number of nitrogen functional groups attached to an aromatic ring is 1. The highest BCUT2D eigenvalue weighted by Gasteiger charge is 2.05. The van der Waals surface area contributed by atoms with E-state index in [9.17, 15) is 4.39 Å². The molecular weight excluding hydrogens is 243 g/mol. The first-order valence-corrected chi connectivity index (χ1v) is 6.22. The SMILES string of the molecule is CC(C)Cc1cc(Oc2ccc(N)c(F)c2)ccn1. The Kier molecular flexibility index (Phi) is 4.00. The molecule has 1 aromatic carbocycles. The van der Waals surface area contributed by atoms with Gasteiger partial charge in [-0.15, -0.1) is 0 Å². The molecule has 0 atom stereocenters. The zero-order valence-electron chi connectivity index (χ0n) is 11.1. The normalized spacial score (nSPS) is 10.7. The number of ether oxygens (including phenoxy) is 1. The summed E-state index contributed by atoms with van der Waals surface area (Å²) in [6.07, 6.45) is 2.58. The summed E-state index contributed by atoms with van der Waals surface area (Å²) in [6.45, 7) is 4.26. The van der Waals surface area contributed by atoms with Crippen LogP contribution in [0.15, 0.2) is 36.5 Å². The fourth-order valence-electron chi connectivity index (χ4n) is 1.76. The number of halogens is 1. The van der Waals surface area contributed by atoms with Gasteiger partial charge in [-0.1, -0.05) is 13.8 Å². The second kappa shape index (κ2) is 5.69. The maximum Gasteiger partial charge on any atom is 0.149 e. The lowest BCUT2D eigenvalue weighted by Gasteiger charge is -2.09. The number of benzene rings is 1. The van der Waals surface area contributed by atoms with E-state index in [2.05, 4.69) is 18.8 Å². The molecule has 0 unspecified atom stereocenters. The zero-order valence-corrected chi connectivity index (χ0v) is 11.1. The van der Waals surface area contributed by atoms with Crippen molar-refractivity contribution in [3.63, 3.8) is 0 Å². The smallest absolute Gasteiger partial charge is 0.149 e. The summed E-state index contributed by atoms with van der Waals surface area (Å²) in [7, 11) is 0. The quantitative estimate of drug-likeness (QED) is 0.851. The van der Waals surface area contributed by atoms with Crippen LogP contribution in [0, 0.1) is 11.7 Å². The van der Waals surface area contributed by atoms with Crippen LogP contribution in [0.25, 0.3) is 0 Å². The molecule has 0 fully saturated rings. The van der Waals surface area contributed by atoms with E-state index in [1.807, 2.05) is 6.07 Å². The standard InChI is InChI=1S/C15H17FN2O/c1-10(2)7-11-8-13(5-6-18-11)19-12-3-4-15(17)14(16)9-12/h3-6,8-10H,7,17H2,1-2H3. The van der Waals surface area contributed by atoms with Crippen LogP contribution in [0.1, 0.15) is 19.5 Å². The van der Waals surface area contributed by atoms with Crippen molar-refractivity contribution in [1.82, 2.24) is 4.98 Å². The Morgan fingerprint density at radius 3 is 2.63 bits per heavy atom. The lowest BCUT2D eigenvalue weighted by Crippen LogP contribution is -1.97. The van der Waals surface area contributed by atoms with Crippen LogP contribution in [0.5, 0.6) is 11.5 Å². The van der Waals surface area contributed by atoms with Gasteiger partial charge in [-0.3, -0.25) is 4.98 Å².